The Hall–Kier alpha value is -1.26. The Labute approximate surface area is 157 Å². The van der Waals surface area contributed by atoms with E-state index in [9.17, 15) is 4.79 Å². The number of nitrogens with zero attached hydrogens (tertiary/aromatic N) is 1. The largest absolute Gasteiger partial charge is 0.497 e. The number of methoxy groups -OCH3 is 1. The SMILES string of the molecule is COc1ccc(CN(C(=O)CC(C)C2CCNCC2)C2CC2)cc1.Cl. The molecule has 0 bridgehead atoms. The number of rotatable bonds is 7. The summed E-state index contributed by atoms with van der Waals surface area (Å²) in [7, 11) is 1.68. The van der Waals surface area contributed by atoms with Crippen molar-refractivity contribution in [2.24, 2.45) is 11.8 Å². The highest BCUT2D eigenvalue weighted by molar-refractivity contribution is 5.85. The summed E-state index contributed by atoms with van der Waals surface area (Å²) in [5, 5.41) is 3.41. The van der Waals surface area contributed by atoms with Gasteiger partial charge < -0.3 is 15.0 Å². The molecule has 4 nitrogen and oxygen atoms in total. The van der Waals surface area contributed by atoms with Crippen LogP contribution in [0.4, 0.5) is 0 Å². The zero-order chi connectivity index (χ0) is 16.9. The van der Waals surface area contributed by atoms with E-state index in [2.05, 4.69) is 29.3 Å². The molecule has 1 atom stereocenters. The summed E-state index contributed by atoms with van der Waals surface area (Å²) in [6, 6.07) is 8.54. The maximum absolute atomic E-state index is 12.9. The van der Waals surface area contributed by atoms with E-state index in [-0.39, 0.29) is 12.4 Å². The molecule has 1 aromatic carbocycles. The van der Waals surface area contributed by atoms with Crippen molar-refractivity contribution in [1.82, 2.24) is 10.2 Å². The number of amides is 1. The first-order valence-corrected chi connectivity index (χ1v) is 9.30. The van der Waals surface area contributed by atoms with Crippen molar-refractivity contribution < 1.29 is 9.53 Å². The standard InChI is InChI=1S/C20H30N2O2.ClH/c1-15(17-9-11-21-12-10-17)13-20(23)22(18-5-6-18)14-16-3-7-19(24-2)8-4-16;/h3-4,7-8,15,17-18,21H,5-6,9-14H2,1-2H3;1H. The van der Waals surface area contributed by atoms with Gasteiger partial charge in [0.25, 0.3) is 0 Å². The number of hydrogen-bond donors (Lipinski definition) is 1. The summed E-state index contributed by atoms with van der Waals surface area (Å²) in [6.45, 7) is 5.18. The number of ether oxygens (including phenoxy) is 1. The van der Waals surface area contributed by atoms with E-state index in [0.29, 0.717) is 30.2 Å². The van der Waals surface area contributed by atoms with Crippen LogP contribution < -0.4 is 10.1 Å². The summed E-state index contributed by atoms with van der Waals surface area (Å²) < 4.78 is 5.22. The van der Waals surface area contributed by atoms with E-state index in [1.807, 2.05) is 12.1 Å². The molecule has 2 aliphatic rings. The average Bonchev–Trinajstić information content (AvgIpc) is 3.45. The number of piperidine rings is 1. The molecule has 1 aromatic rings. The molecular formula is C20H31ClN2O2. The van der Waals surface area contributed by atoms with Gasteiger partial charge in [0, 0.05) is 19.0 Å². The Morgan fingerprint density at radius 2 is 1.84 bits per heavy atom. The Morgan fingerprint density at radius 1 is 1.20 bits per heavy atom. The molecule has 1 saturated heterocycles. The Kier molecular flexibility index (Phi) is 7.57. The normalized spacial score (nSPS) is 19.0. The number of halogens is 1. The predicted molar refractivity (Wildman–Crippen MR) is 103 cm³/mol. The van der Waals surface area contributed by atoms with Crippen LogP contribution in [0.25, 0.3) is 0 Å². The fourth-order valence-electron chi connectivity index (χ4n) is 3.71. The van der Waals surface area contributed by atoms with Crippen molar-refractivity contribution in [1.29, 1.82) is 0 Å². The van der Waals surface area contributed by atoms with Crippen molar-refractivity contribution in [3.05, 3.63) is 29.8 Å². The van der Waals surface area contributed by atoms with Crippen molar-refractivity contribution in [2.75, 3.05) is 20.2 Å². The molecule has 0 radical (unpaired) electrons. The minimum Gasteiger partial charge on any atom is -0.497 e. The number of nitrogens with one attached hydrogen (secondary N) is 1. The van der Waals surface area contributed by atoms with Crippen LogP contribution in [0.1, 0.15) is 44.6 Å². The van der Waals surface area contributed by atoms with E-state index in [1.165, 1.54) is 18.4 Å². The molecular weight excluding hydrogens is 336 g/mol. The van der Waals surface area contributed by atoms with Crippen LogP contribution in [-0.2, 0) is 11.3 Å². The predicted octanol–water partition coefficient (Wildman–Crippen LogP) is 3.63. The second kappa shape index (κ2) is 9.44. The monoisotopic (exact) mass is 366 g/mol. The zero-order valence-corrected chi connectivity index (χ0v) is 16.2. The second-order valence-electron chi connectivity index (χ2n) is 7.37. The molecule has 2 fully saturated rings. The molecule has 0 spiro atoms. The molecule has 5 heteroatoms. The molecule has 1 N–H and O–H groups in total. The fourth-order valence-corrected chi connectivity index (χ4v) is 3.71. The van der Waals surface area contributed by atoms with E-state index in [0.717, 1.165) is 38.2 Å². The highest BCUT2D eigenvalue weighted by Gasteiger charge is 2.34. The van der Waals surface area contributed by atoms with Gasteiger partial charge in [-0.05, 0) is 68.3 Å². The summed E-state index contributed by atoms with van der Waals surface area (Å²) in [5.74, 6) is 2.37. The number of carbonyl (C=O) groups is 1. The van der Waals surface area contributed by atoms with E-state index in [1.54, 1.807) is 7.11 Å². The maximum Gasteiger partial charge on any atom is 0.223 e. The lowest BCUT2D eigenvalue weighted by molar-refractivity contribution is -0.133. The maximum atomic E-state index is 12.9. The molecule has 140 valence electrons. The average molecular weight is 367 g/mol. The van der Waals surface area contributed by atoms with Gasteiger partial charge in [0.1, 0.15) is 5.75 Å². The molecule has 1 heterocycles. The summed E-state index contributed by atoms with van der Waals surface area (Å²) in [4.78, 5) is 15.0. The van der Waals surface area contributed by atoms with Crippen LogP contribution in [0.2, 0.25) is 0 Å². The summed E-state index contributed by atoms with van der Waals surface area (Å²) in [5.41, 5.74) is 1.19. The van der Waals surface area contributed by atoms with Crippen molar-refractivity contribution in [3.63, 3.8) is 0 Å². The van der Waals surface area contributed by atoms with Gasteiger partial charge in [-0.15, -0.1) is 12.4 Å². The molecule has 1 aliphatic heterocycles. The zero-order valence-electron chi connectivity index (χ0n) is 15.4. The quantitative estimate of drug-likeness (QED) is 0.801. The smallest absolute Gasteiger partial charge is 0.223 e. The van der Waals surface area contributed by atoms with Gasteiger partial charge >= 0.3 is 0 Å². The number of benzene rings is 1. The van der Waals surface area contributed by atoms with E-state index >= 15 is 0 Å². The molecule has 25 heavy (non-hydrogen) atoms. The first-order chi connectivity index (χ1) is 11.7. The van der Waals surface area contributed by atoms with Crippen LogP contribution in [0.5, 0.6) is 5.75 Å². The van der Waals surface area contributed by atoms with Gasteiger partial charge in [0.15, 0.2) is 0 Å². The molecule has 1 amide bonds. The molecule has 1 unspecified atom stereocenters. The van der Waals surface area contributed by atoms with Gasteiger partial charge in [-0.25, -0.2) is 0 Å². The lowest BCUT2D eigenvalue weighted by atomic mass is 9.84. The lowest BCUT2D eigenvalue weighted by Gasteiger charge is -2.30. The Bertz CT molecular complexity index is 539. The molecule has 1 aliphatic carbocycles. The van der Waals surface area contributed by atoms with Gasteiger partial charge in [0.2, 0.25) is 5.91 Å². The van der Waals surface area contributed by atoms with Gasteiger partial charge in [-0.3, -0.25) is 4.79 Å². The number of carbonyl (C=O) groups excluding carboxylic acids is 1. The first kappa shape index (κ1) is 20.1. The number of hydrogen-bond acceptors (Lipinski definition) is 3. The van der Waals surface area contributed by atoms with Crippen molar-refractivity contribution in [2.45, 2.75) is 51.6 Å². The van der Waals surface area contributed by atoms with Crippen molar-refractivity contribution in [3.8, 4) is 5.75 Å². The fraction of sp³-hybridized carbons (Fsp3) is 0.650. The first-order valence-electron chi connectivity index (χ1n) is 9.30. The molecule has 1 saturated carbocycles. The highest BCUT2D eigenvalue weighted by atomic mass is 35.5. The Balaban J connectivity index is 0.00000225. The summed E-state index contributed by atoms with van der Waals surface area (Å²) in [6.07, 6.45) is 5.41. The topological polar surface area (TPSA) is 41.6 Å². The minimum absolute atomic E-state index is 0. The second-order valence-corrected chi connectivity index (χ2v) is 7.37. The third-order valence-corrected chi connectivity index (χ3v) is 5.51. The minimum atomic E-state index is 0. The van der Waals surface area contributed by atoms with Crippen LogP contribution in [0.3, 0.4) is 0 Å². The van der Waals surface area contributed by atoms with E-state index in [4.69, 9.17) is 4.74 Å². The van der Waals surface area contributed by atoms with Crippen LogP contribution >= 0.6 is 12.4 Å². The lowest BCUT2D eigenvalue weighted by Crippen LogP contribution is -2.36. The van der Waals surface area contributed by atoms with Gasteiger partial charge in [-0.1, -0.05) is 19.1 Å². The van der Waals surface area contributed by atoms with Gasteiger partial charge in [-0.2, -0.15) is 0 Å². The van der Waals surface area contributed by atoms with Crippen LogP contribution in [0, 0.1) is 11.8 Å². The highest BCUT2D eigenvalue weighted by Crippen LogP contribution is 2.31. The van der Waals surface area contributed by atoms with Crippen LogP contribution in [-0.4, -0.2) is 37.0 Å². The Morgan fingerprint density at radius 3 is 2.40 bits per heavy atom. The van der Waals surface area contributed by atoms with Gasteiger partial charge in [0.05, 0.1) is 7.11 Å². The van der Waals surface area contributed by atoms with E-state index < -0.39 is 0 Å². The third-order valence-electron chi connectivity index (χ3n) is 5.51. The third kappa shape index (κ3) is 5.61. The summed E-state index contributed by atoms with van der Waals surface area (Å²) >= 11 is 0. The molecule has 3 rings (SSSR count). The van der Waals surface area contributed by atoms with Crippen molar-refractivity contribution >= 4 is 18.3 Å². The van der Waals surface area contributed by atoms with Crippen LogP contribution in [0.15, 0.2) is 24.3 Å². The molecule has 0 aromatic heterocycles.